The molecule has 2 heterocycles. The molecule has 1 N–H and O–H groups in total. The Kier molecular flexibility index (Phi) is 6.82. The zero-order valence-electron chi connectivity index (χ0n) is 20.5. The van der Waals surface area contributed by atoms with E-state index in [-0.39, 0.29) is 18.0 Å². The average Bonchev–Trinajstić information content (AvgIpc) is 3.24. The molecular weight excluding hydrogens is 444 g/mol. The Morgan fingerprint density at radius 1 is 0.971 bits per heavy atom. The molecule has 2 aromatic heterocycles. The summed E-state index contributed by atoms with van der Waals surface area (Å²) in [5, 5.41) is 8.27. The highest BCUT2D eigenvalue weighted by Crippen LogP contribution is 2.27. The number of aryl methyl sites for hydroxylation is 3. The number of esters is 1. The van der Waals surface area contributed by atoms with Crippen LogP contribution in [-0.2, 0) is 4.74 Å². The lowest BCUT2D eigenvalue weighted by molar-refractivity contribution is 0.0527. The molecule has 0 bridgehead atoms. The highest BCUT2D eigenvalue weighted by Gasteiger charge is 2.23. The van der Waals surface area contributed by atoms with Crippen molar-refractivity contribution < 1.29 is 19.1 Å². The van der Waals surface area contributed by atoms with Crippen LogP contribution in [0.25, 0.3) is 16.7 Å². The first-order valence-electron chi connectivity index (χ1n) is 11.5. The number of rotatable bonds is 7. The molecule has 8 heteroatoms. The van der Waals surface area contributed by atoms with Gasteiger partial charge in [0.1, 0.15) is 11.3 Å². The SMILES string of the molecule is CCOC(=O)c1cnn(-c2cc(C)c3cc(C)cc(C)c3n2)c1NC(=O)c1ccc(OCC)cc1. The van der Waals surface area contributed by atoms with Gasteiger partial charge in [-0.05, 0) is 82.1 Å². The van der Waals surface area contributed by atoms with Gasteiger partial charge in [-0.1, -0.05) is 11.6 Å². The fraction of sp³-hybridized carbons (Fsp3) is 0.259. The summed E-state index contributed by atoms with van der Waals surface area (Å²) in [5.41, 5.74) is 4.58. The topological polar surface area (TPSA) is 95.3 Å². The van der Waals surface area contributed by atoms with Gasteiger partial charge in [-0.15, -0.1) is 0 Å². The molecule has 2 aromatic carbocycles. The normalized spacial score (nSPS) is 10.9. The molecule has 0 radical (unpaired) electrons. The number of nitrogens with zero attached hydrogens (tertiary/aromatic N) is 3. The van der Waals surface area contributed by atoms with Crippen molar-refractivity contribution in [1.82, 2.24) is 14.8 Å². The number of pyridine rings is 1. The Hall–Kier alpha value is -4.20. The third-order valence-electron chi connectivity index (χ3n) is 5.58. The summed E-state index contributed by atoms with van der Waals surface area (Å²) in [6.07, 6.45) is 1.38. The third-order valence-corrected chi connectivity index (χ3v) is 5.58. The maximum Gasteiger partial charge on any atom is 0.343 e. The number of carbonyl (C=O) groups excluding carboxylic acids is 2. The Labute approximate surface area is 203 Å². The molecule has 0 atom stereocenters. The average molecular weight is 473 g/mol. The Morgan fingerprint density at radius 3 is 2.40 bits per heavy atom. The van der Waals surface area contributed by atoms with E-state index in [9.17, 15) is 9.59 Å². The first kappa shape index (κ1) is 23.9. The Balaban J connectivity index is 1.79. The molecule has 4 aromatic rings. The van der Waals surface area contributed by atoms with Gasteiger partial charge in [-0.2, -0.15) is 9.78 Å². The van der Waals surface area contributed by atoms with Crippen molar-refractivity contribution in [3.63, 3.8) is 0 Å². The number of ether oxygens (including phenoxy) is 2. The minimum absolute atomic E-state index is 0.145. The molecular formula is C27H28N4O4. The molecule has 1 amide bonds. The first-order valence-corrected chi connectivity index (χ1v) is 11.5. The van der Waals surface area contributed by atoms with Crippen molar-refractivity contribution in [3.8, 4) is 11.6 Å². The van der Waals surface area contributed by atoms with Crippen LogP contribution in [0.3, 0.4) is 0 Å². The van der Waals surface area contributed by atoms with Gasteiger partial charge in [0.15, 0.2) is 11.6 Å². The predicted molar refractivity (Wildman–Crippen MR) is 135 cm³/mol. The van der Waals surface area contributed by atoms with E-state index in [1.54, 1.807) is 31.2 Å². The summed E-state index contributed by atoms with van der Waals surface area (Å²) in [7, 11) is 0. The van der Waals surface area contributed by atoms with Crippen LogP contribution in [0.5, 0.6) is 5.75 Å². The van der Waals surface area contributed by atoms with Crippen LogP contribution in [0.1, 0.15) is 51.3 Å². The Morgan fingerprint density at radius 2 is 1.71 bits per heavy atom. The van der Waals surface area contributed by atoms with Crippen LogP contribution in [0.4, 0.5) is 5.82 Å². The number of benzene rings is 2. The van der Waals surface area contributed by atoms with Gasteiger partial charge in [0.05, 0.1) is 24.9 Å². The van der Waals surface area contributed by atoms with Crippen molar-refractivity contribution in [2.45, 2.75) is 34.6 Å². The van der Waals surface area contributed by atoms with Crippen LogP contribution in [0.2, 0.25) is 0 Å². The second kappa shape index (κ2) is 9.97. The van der Waals surface area contributed by atoms with E-state index in [2.05, 4.69) is 22.5 Å². The van der Waals surface area contributed by atoms with Gasteiger partial charge < -0.3 is 14.8 Å². The van der Waals surface area contributed by atoms with E-state index in [1.165, 1.54) is 10.9 Å². The molecule has 35 heavy (non-hydrogen) atoms. The summed E-state index contributed by atoms with van der Waals surface area (Å²) in [4.78, 5) is 30.6. The molecule has 0 aliphatic carbocycles. The molecule has 4 rings (SSSR count). The molecule has 0 saturated carbocycles. The van der Waals surface area contributed by atoms with Crippen LogP contribution in [0.15, 0.2) is 48.7 Å². The van der Waals surface area contributed by atoms with E-state index in [1.807, 2.05) is 33.8 Å². The van der Waals surface area contributed by atoms with Crippen molar-refractivity contribution in [3.05, 3.63) is 76.5 Å². The van der Waals surface area contributed by atoms with Crippen molar-refractivity contribution in [2.24, 2.45) is 0 Å². The summed E-state index contributed by atoms with van der Waals surface area (Å²) >= 11 is 0. The quantitative estimate of drug-likeness (QED) is 0.373. The zero-order chi connectivity index (χ0) is 25.1. The summed E-state index contributed by atoms with van der Waals surface area (Å²) in [6.45, 7) is 10.4. The third kappa shape index (κ3) is 4.87. The minimum Gasteiger partial charge on any atom is -0.494 e. The monoisotopic (exact) mass is 472 g/mol. The first-order chi connectivity index (χ1) is 16.8. The van der Waals surface area contributed by atoms with Gasteiger partial charge in [-0.25, -0.2) is 9.78 Å². The predicted octanol–water partition coefficient (Wildman–Crippen LogP) is 5.17. The molecule has 0 aliphatic heterocycles. The second-order valence-corrected chi connectivity index (χ2v) is 8.23. The van der Waals surface area contributed by atoms with E-state index < -0.39 is 11.9 Å². The van der Waals surface area contributed by atoms with Gasteiger partial charge in [0, 0.05) is 10.9 Å². The van der Waals surface area contributed by atoms with Gasteiger partial charge in [0.2, 0.25) is 0 Å². The van der Waals surface area contributed by atoms with E-state index in [0.717, 1.165) is 27.6 Å². The largest absolute Gasteiger partial charge is 0.494 e. The molecule has 180 valence electrons. The summed E-state index contributed by atoms with van der Waals surface area (Å²) in [6, 6.07) is 12.8. The van der Waals surface area contributed by atoms with Crippen LogP contribution >= 0.6 is 0 Å². The molecule has 8 nitrogen and oxygen atoms in total. The molecule has 0 unspecified atom stereocenters. The number of aromatic nitrogens is 3. The number of amides is 1. The van der Waals surface area contributed by atoms with Crippen molar-refractivity contribution in [2.75, 3.05) is 18.5 Å². The Bertz CT molecular complexity index is 1410. The van der Waals surface area contributed by atoms with Crippen LogP contribution in [0, 0.1) is 20.8 Å². The number of carbonyl (C=O) groups is 2. The smallest absolute Gasteiger partial charge is 0.343 e. The highest BCUT2D eigenvalue weighted by atomic mass is 16.5. The lowest BCUT2D eigenvalue weighted by Crippen LogP contribution is -2.18. The molecule has 0 saturated heterocycles. The zero-order valence-corrected chi connectivity index (χ0v) is 20.5. The number of fused-ring (bicyclic) bond motifs is 1. The highest BCUT2D eigenvalue weighted by molar-refractivity contribution is 6.07. The van der Waals surface area contributed by atoms with E-state index >= 15 is 0 Å². The van der Waals surface area contributed by atoms with Crippen molar-refractivity contribution in [1.29, 1.82) is 0 Å². The molecule has 0 aliphatic rings. The fourth-order valence-electron chi connectivity index (χ4n) is 3.99. The van der Waals surface area contributed by atoms with Gasteiger partial charge >= 0.3 is 5.97 Å². The van der Waals surface area contributed by atoms with Gasteiger partial charge in [-0.3, -0.25) is 4.79 Å². The van der Waals surface area contributed by atoms with Crippen LogP contribution < -0.4 is 10.1 Å². The molecule has 0 spiro atoms. The van der Waals surface area contributed by atoms with E-state index in [4.69, 9.17) is 14.5 Å². The number of hydrogen-bond donors (Lipinski definition) is 1. The van der Waals surface area contributed by atoms with E-state index in [0.29, 0.717) is 23.7 Å². The van der Waals surface area contributed by atoms with Gasteiger partial charge in [0.25, 0.3) is 5.91 Å². The number of hydrogen-bond acceptors (Lipinski definition) is 6. The molecule has 0 fully saturated rings. The summed E-state index contributed by atoms with van der Waals surface area (Å²) < 4.78 is 12.1. The number of anilines is 1. The summed E-state index contributed by atoms with van der Waals surface area (Å²) in [5.74, 6) is 0.371. The lowest BCUT2D eigenvalue weighted by atomic mass is 10.0. The van der Waals surface area contributed by atoms with Crippen LogP contribution in [-0.4, -0.2) is 39.9 Å². The number of nitrogens with one attached hydrogen (secondary N) is 1. The lowest BCUT2D eigenvalue weighted by Gasteiger charge is -2.13. The standard InChI is InChI=1S/C27H28N4O4/c1-6-34-20-10-8-19(9-11-20)26(32)30-25-22(27(33)35-7-2)15-28-31(25)23-14-17(4)21-13-16(3)12-18(5)24(21)29-23/h8-15H,6-7H2,1-5H3,(H,30,32). The maximum absolute atomic E-state index is 13.1. The second-order valence-electron chi connectivity index (χ2n) is 8.23. The minimum atomic E-state index is -0.579. The maximum atomic E-state index is 13.1. The van der Waals surface area contributed by atoms with Crippen molar-refractivity contribution >= 4 is 28.6 Å². The fourth-order valence-corrected chi connectivity index (χ4v) is 3.99.